The summed E-state index contributed by atoms with van der Waals surface area (Å²) in [6, 6.07) is 11.3. The molecule has 0 bridgehead atoms. The second-order valence-corrected chi connectivity index (χ2v) is 7.93. The molecular weight excluding hydrogens is 376 g/mol. The number of carbonyl (C=O) groups excluding carboxylic acids is 1. The molecule has 1 amide bonds. The monoisotopic (exact) mass is 400 g/mol. The molecule has 28 heavy (non-hydrogen) atoms. The van der Waals surface area contributed by atoms with Gasteiger partial charge in [0.2, 0.25) is 5.91 Å². The van der Waals surface area contributed by atoms with Crippen molar-refractivity contribution >= 4 is 29.0 Å². The van der Waals surface area contributed by atoms with Gasteiger partial charge in [-0.15, -0.1) is 10.2 Å². The highest BCUT2D eigenvalue weighted by Gasteiger charge is 2.27. The van der Waals surface area contributed by atoms with Crippen molar-refractivity contribution in [2.75, 3.05) is 23.3 Å². The minimum absolute atomic E-state index is 0.0321. The molecule has 1 saturated carbocycles. The highest BCUT2D eigenvalue weighted by atomic mass is 35.5. The van der Waals surface area contributed by atoms with E-state index < -0.39 is 0 Å². The van der Waals surface area contributed by atoms with Gasteiger partial charge in [-0.2, -0.15) is 0 Å². The first-order chi connectivity index (χ1) is 13.7. The van der Waals surface area contributed by atoms with Crippen molar-refractivity contribution in [1.29, 1.82) is 0 Å². The first-order valence-electron chi connectivity index (χ1n) is 9.99. The predicted octanol–water partition coefficient (Wildman–Crippen LogP) is 4.31. The Kier molecular flexibility index (Phi) is 5.95. The van der Waals surface area contributed by atoms with Crippen LogP contribution < -0.4 is 15.0 Å². The zero-order chi connectivity index (χ0) is 19.3. The van der Waals surface area contributed by atoms with Gasteiger partial charge in [0.15, 0.2) is 11.0 Å². The number of benzene rings is 1. The Labute approximate surface area is 170 Å². The highest BCUT2D eigenvalue weighted by Crippen LogP contribution is 2.27. The Morgan fingerprint density at radius 2 is 1.96 bits per heavy atom. The number of hydrogen-bond acceptors (Lipinski definition) is 5. The molecule has 1 aliphatic carbocycles. The Morgan fingerprint density at radius 3 is 2.75 bits per heavy atom. The average molecular weight is 401 g/mol. The number of carbonyl (C=O) groups is 1. The largest absolute Gasteiger partial charge is 0.490 e. The summed E-state index contributed by atoms with van der Waals surface area (Å²) in [6.45, 7) is 1.49. The fraction of sp³-hybridized carbons (Fsp3) is 0.476. The zero-order valence-electron chi connectivity index (χ0n) is 15.8. The van der Waals surface area contributed by atoms with E-state index in [0.29, 0.717) is 17.8 Å². The van der Waals surface area contributed by atoms with Crippen LogP contribution in [0.2, 0.25) is 5.15 Å². The molecule has 0 unspecified atom stereocenters. The van der Waals surface area contributed by atoms with Crippen LogP contribution in [0.5, 0.6) is 5.75 Å². The molecule has 1 saturated heterocycles. The van der Waals surface area contributed by atoms with E-state index in [2.05, 4.69) is 20.4 Å². The number of rotatable bonds is 5. The molecule has 2 heterocycles. The molecule has 1 aliphatic heterocycles. The van der Waals surface area contributed by atoms with E-state index >= 15 is 0 Å². The lowest BCUT2D eigenvalue weighted by molar-refractivity contribution is -0.120. The third-order valence-corrected chi connectivity index (χ3v) is 5.64. The number of anilines is 2. The SMILES string of the molecule is O=C(Nc1cccc(OC2CCCC2)c1)[C@@H]1CCCN(c2ccc(Cl)nn2)C1. The first-order valence-corrected chi connectivity index (χ1v) is 10.4. The van der Waals surface area contributed by atoms with Gasteiger partial charge in [-0.05, 0) is 62.8 Å². The maximum Gasteiger partial charge on any atom is 0.229 e. The Bertz CT molecular complexity index is 808. The molecule has 4 rings (SSSR count). The number of halogens is 1. The fourth-order valence-corrected chi connectivity index (χ4v) is 4.07. The Hall–Kier alpha value is -2.34. The van der Waals surface area contributed by atoms with Crippen LogP contribution in [0.15, 0.2) is 36.4 Å². The van der Waals surface area contributed by atoms with Gasteiger partial charge in [-0.3, -0.25) is 4.79 Å². The highest BCUT2D eigenvalue weighted by molar-refractivity contribution is 6.29. The summed E-state index contributed by atoms with van der Waals surface area (Å²) in [6.07, 6.45) is 6.80. The van der Waals surface area contributed by atoms with E-state index in [9.17, 15) is 4.79 Å². The predicted molar refractivity (Wildman–Crippen MR) is 110 cm³/mol. The number of aromatic nitrogens is 2. The molecule has 148 valence electrons. The van der Waals surface area contributed by atoms with Crippen LogP contribution >= 0.6 is 11.6 Å². The molecule has 1 N–H and O–H groups in total. The van der Waals surface area contributed by atoms with Gasteiger partial charge in [0.25, 0.3) is 0 Å². The molecule has 1 atom stereocenters. The van der Waals surface area contributed by atoms with Crippen molar-refractivity contribution in [2.45, 2.75) is 44.6 Å². The minimum atomic E-state index is -0.0920. The third kappa shape index (κ3) is 4.73. The molecule has 1 aromatic heterocycles. The van der Waals surface area contributed by atoms with Gasteiger partial charge < -0.3 is 15.0 Å². The number of nitrogens with one attached hydrogen (secondary N) is 1. The smallest absolute Gasteiger partial charge is 0.229 e. The molecule has 7 heteroatoms. The Morgan fingerprint density at radius 1 is 1.11 bits per heavy atom. The standard InChI is InChI=1S/C21H25ClN4O2/c22-19-10-11-20(25-24-19)26-12-4-5-15(14-26)21(27)23-16-6-3-9-18(13-16)28-17-7-1-2-8-17/h3,6,9-11,13,15,17H,1-2,4-5,7-8,12,14H2,(H,23,27)/t15-/m1/s1. The van der Waals surface area contributed by atoms with Gasteiger partial charge in [0, 0.05) is 24.8 Å². The van der Waals surface area contributed by atoms with E-state index in [1.807, 2.05) is 30.3 Å². The molecule has 2 fully saturated rings. The van der Waals surface area contributed by atoms with Crippen LogP contribution in [0, 0.1) is 5.92 Å². The van der Waals surface area contributed by atoms with Crippen molar-refractivity contribution in [3.8, 4) is 5.75 Å². The number of piperidine rings is 1. The first kappa shape index (κ1) is 19.0. The number of ether oxygens (including phenoxy) is 1. The summed E-state index contributed by atoms with van der Waals surface area (Å²) in [5.41, 5.74) is 0.781. The van der Waals surface area contributed by atoms with E-state index in [1.54, 1.807) is 6.07 Å². The number of hydrogen-bond donors (Lipinski definition) is 1. The number of nitrogens with zero attached hydrogens (tertiary/aromatic N) is 3. The summed E-state index contributed by atoms with van der Waals surface area (Å²) in [5.74, 6) is 1.52. The molecule has 2 aliphatic rings. The normalized spacial score (nSPS) is 20.2. The lowest BCUT2D eigenvalue weighted by Gasteiger charge is -2.32. The number of amides is 1. The quantitative estimate of drug-likeness (QED) is 0.810. The van der Waals surface area contributed by atoms with Crippen LogP contribution in [0.4, 0.5) is 11.5 Å². The summed E-state index contributed by atoms with van der Waals surface area (Å²) < 4.78 is 6.04. The van der Waals surface area contributed by atoms with Crippen molar-refractivity contribution in [1.82, 2.24) is 10.2 Å². The van der Waals surface area contributed by atoms with E-state index in [4.69, 9.17) is 16.3 Å². The molecule has 6 nitrogen and oxygen atoms in total. The van der Waals surface area contributed by atoms with Gasteiger partial charge in [-0.25, -0.2) is 0 Å². The maximum absolute atomic E-state index is 12.8. The topological polar surface area (TPSA) is 67.3 Å². The molecular formula is C21H25ClN4O2. The van der Waals surface area contributed by atoms with Crippen LogP contribution in [0.3, 0.4) is 0 Å². The summed E-state index contributed by atoms with van der Waals surface area (Å²) in [4.78, 5) is 14.9. The van der Waals surface area contributed by atoms with Gasteiger partial charge >= 0.3 is 0 Å². The molecule has 2 aromatic rings. The second-order valence-electron chi connectivity index (χ2n) is 7.54. The summed E-state index contributed by atoms with van der Waals surface area (Å²) in [7, 11) is 0. The van der Waals surface area contributed by atoms with Gasteiger partial charge in [0.1, 0.15) is 5.75 Å². The van der Waals surface area contributed by atoms with Crippen LogP contribution in [-0.4, -0.2) is 35.3 Å². The summed E-state index contributed by atoms with van der Waals surface area (Å²) in [5, 5.41) is 11.5. The van der Waals surface area contributed by atoms with Crippen molar-refractivity contribution in [3.05, 3.63) is 41.6 Å². The van der Waals surface area contributed by atoms with Crippen LogP contribution in [0.1, 0.15) is 38.5 Å². The van der Waals surface area contributed by atoms with Crippen molar-refractivity contribution in [3.63, 3.8) is 0 Å². The minimum Gasteiger partial charge on any atom is -0.490 e. The maximum atomic E-state index is 12.8. The molecule has 0 spiro atoms. The zero-order valence-corrected chi connectivity index (χ0v) is 16.6. The van der Waals surface area contributed by atoms with Gasteiger partial charge in [0.05, 0.1) is 12.0 Å². The molecule has 1 aromatic carbocycles. The average Bonchev–Trinajstić information content (AvgIpc) is 3.22. The molecule has 0 radical (unpaired) electrons. The fourth-order valence-electron chi connectivity index (χ4n) is 3.97. The third-order valence-electron chi connectivity index (χ3n) is 5.44. The lowest BCUT2D eigenvalue weighted by Crippen LogP contribution is -2.41. The van der Waals surface area contributed by atoms with Crippen molar-refractivity contribution in [2.24, 2.45) is 5.92 Å². The van der Waals surface area contributed by atoms with Gasteiger partial charge in [-0.1, -0.05) is 17.7 Å². The van der Waals surface area contributed by atoms with E-state index in [1.165, 1.54) is 12.8 Å². The van der Waals surface area contributed by atoms with Crippen molar-refractivity contribution < 1.29 is 9.53 Å². The lowest BCUT2D eigenvalue weighted by atomic mass is 9.97. The Balaban J connectivity index is 1.37. The van der Waals surface area contributed by atoms with Crippen LogP contribution in [-0.2, 0) is 4.79 Å². The second kappa shape index (κ2) is 8.78. The van der Waals surface area contributed by atoms with E-state index in [0.717, 1.165) is 49.5 Å². The van der Waals surface area contributed by atoms with Crippen LogP contribution in [0.25, 0.3) is 0 Å². The summed E-state index contributed by atoms with van der Waals surface area (Å²) >= 11 is 5.82. The van der Waals surface area contributed by atoms with E-state index in [-0.39, 0.29) is 11.8 Å².